The molecule has 5 aromatic rings. The Morgan fingerprint density at radius 3 is 1.70 bits per heavy atom. The number of benzene rings is 5. The molecule has 46 heavy (non-hydrogen) atoms. The number of rotatable bonds is 7. The normalized spacial score (nSPS) is 11.9. The van der Waals surface area contributed by atoms with E-state index in [1.807, 2.05) is 12.1 Å². The van der Waals surface area contributed by atoms with Gasteiger partial charge in [0.05, 0.1) is 27.6 Å². The zero-order valence-corrected chi connectivity index (χ0v) is 30.0. The Bertz CT molecular complexity index is 2220. The van der Waals surface area contributed by atoms with Crippen LogP contribution in [0.1, 0.15) is 0 Å². The second-order valence-corrected chi connectivity index (χ2v) is 12.2. The number of azo groups is 2. The minimum atomic E-state index is -5.03. The quantitative estimate of drug-likeness (QED) is 0.0729. The predicted molar refractivity (Wildman–Crippen MR) is 161 cm³/mol. The van der Waals surface area contributed by atoms with Gasteiger partial charge in [0, 0.05) is 11.4 Å². The first-order valence-electron chi connectivity index (χ1n) is 12.4. The summed E-state index contributed by atoms with van der Waals surface area (Å²) in [6.45, 7) is 0. The summed E-state index contributed by atoms with van der Waals surface area (Å²) in [6.07, 6.45) is 0. The van der Waals surface area contributed by atoms with E-state index in [4.69, 9.17) is 17.2 Å². The third kappa shape index (κ3) is 8.29. The molecule has 0 heterocycles. The number of fused-ring (bicyclic) bond motifs is 1. The summed E-state index contributed by atoms with van der Waals surface area (Å²) in [6, 6.07) is 21.0. The Labute approximate surface area is 307 Å². The van der Waals surface area contributed by atoms with Crippen LogP contribution in [0.15, 0.2) is 115 Å². The molecule has 18 heteroatoms. The van der Waals surface area contributed by atoms with Crippen molar-refractivity contribution in [1.82, 2.24) is 0 Å². The number of nitrogen functional groups attached to an aromatic ring is 3. The number of nitrogens with two attached hydrogens (primary N) is 3. The third-order valence-corrected chi connectivity index (χ3v) is 8.04. The molecule has 224 valence electrons. The summed E-state index contributed by atoms with van der Waals surface area (Å²) in [4.78, 5) is -1.72. The van der Waals surface area contributed by atoms with Gasteiger partial charge in [-0.25, -0.2) is 8.42 Å². The van der Waals surface area contributed by atoms with E-state index in [0.29, 0.717) is 22.7 Å². The Balaban J connectivity index is 0.00000288. The molecule has 0 atom stereocenters. The van der Waals surface area contributed by atoms with Crippen molar-refractivity contribution in [2.45, 2.75) is 9.79 Å². The van der Waals surface area contributed by atoms with Crippen LogP contribution in [0.4, 0.5) is 39.8 Å². The Morgan fingerprint density at radius 1 is 0.652 bits per heavy atom. The first-order chi connectivity index (χ1) is 20.7. The summed E-state index contributed by atoms with van der Waals surface area (Å²) >= 11 is 0. The third-order valence-electron chi connectivity index (χ3n) is 6.36. The number of hydrogen-bond donors (Lipinski definition) is 4. The first kappa shape index (κ1) is 37.0. The molecule has 0 aliphatic rings. The number of hydrogen-bond acceptors (Lipinski definition) is 13. The largest absolute Gasteiger partial charge is 1.00 e. The Hall–Kier alpha value is -3.42. The van der Waals surface area contributed by atoms with Gasteiger partial charge in [-0.15, -0.1) is 10.2 Å². The minimum Gasteiger partial charge on any atom is -0.870 e. The van der Waals surface area contributed by atoms with E-state index in [0.717, 1.165) is 29.3 Å². The van der Waals surface area contributed by atoms with Gasteiger partial charge in [-0.3, -0.25) is 4.55 Å². The smallest absolute Gasteiger partial charge is 0.870 e. The SMILES string of the molecule is Nc1ccc(N=Nc2ccc(-c3ccc(N=Nc4c(S(=O)(=O)O)cc5cc(S(=O)(=O)[O-])cc(N)c5c4[O-])cc3)cc2)c(N)c1.[Na+].[Na+]. The van der Waals surface area contributed by atoms with Gasteiger partial charge in [0.1, 0.15) is 20.7 Å². The van der Waals surface area contributed by atoms with Gasteiger partial charge >= 0.3 is 59.1 Å². The minimum absolute atomic E-state index is 0. The molecular weight excluding hydrogens is 656 g/mol. The molecule has 0 spiro atoms. The van der Waals surface area contributed by atoms with Crippen LogP contribution in [-0.2, 0) is 20.2 Å². The second kappa shape index (κ2) is 14.6. The van der Waals surface area contributed by atoms with E-state index >= 15 is 0 Å². The molecule has 0 aromatic heterocycles. The summed E-state index contributed by atoms with van der Waals surface area (Å²) in [7, 11) is -10.0. The fraction of sp³-hybridized carbons (Fsp3) is 0. The van der Waals surface area contributed by atoms with Crippen LogP contribution >= 0.6 is 0 Å². The van der Waals surface area contributed by atoms with E-state index < -0.39 is 47.2 Å². The zero-order chi connectivity index (χ0) is 31.8. The van der Waals surface area contributed by atoms with Gasteiger partial charge in [0.2, 0.25) is 0 Å². The first-order valence-corrected chi connectivity index (χ1v) is 15.2. The van der Waals surface area contributed by atoms with E-state index in [1.165, 1.54) is 0 Å². The van der Waals surface area contributed by atoms with Crippen molar-refractivity contribution in [3.63, 3.8) is 0 Å². The summed E-state index contributed by atoms with van der Waals surface area (Å²) < 4.78 is 68.2. The van der Waals surface area contributed by atoms with Gasteiger partial charge in [-0.2, -0.15) is 18.6 Å². The van der Waals surface area contributed by atoms with Crippen molar-refractivity contribution >= 4 is 70.8 Å². The summed E-state index contributed by atoms with van der Waals surface area (Å²) in [5.41, 5.74) is 20.1. The Kier molecular flexibility index (Phi) is 11.7. The fourth-order valence-corrected chi connectivity index (χ4v) is 5.43. The van der Waals surface area contributed by atoms with Crippen molar-refractivity contribution in [2.24, 2.45) is 20.5 Å². The van der Waals surface area contributed by atoms with E-state index in [1.54, 1.807) is 54.6 Å². The molecule has 0 saturated carbocycles. The second-order valence-electron chi connectivity index (χ2n) is 9.40. The molecule has 0 fully saturated rings. The zero-order valence-electron chi connectivity index (χ0n) is 24.3. The van der Waals surface area contributed by atoms with Crippen LogP contribution in [0.25, 0.3) is 21.9 Å². The summed E-state index contributed by atoms with van der Waals surface area (Å²) in [5, 5.41) is 28.6. The molecule has 0 saturated heterocycles. The maximum Gasteiger partial charge on any atom is 1.00 e. The van der Waals surface area contributed by atoms with Crippen LogP contribution in [0.3, 0.4) is 0 Å². The van der Waals surface area contributed by atoms with Gasteiger partial charge in [-0.05, 0) is 82.6 Å². The van der Waals surface area contributed by atoms with Crippen LogP contribution in [-0.4, -0.2) is 25.9 Å². The molecule has 7 N–H and O–H groups in total. The van der Waals surface area contributed by atoms with Gasteiger partial charge in [-0.1, -0.05) is 30.0 Å². The molecule has 0 amide bonds. The standard InChI is InChI=1S/C28H23N7O7S2.2Na/c29-18-5-10-24(22(30)13-18)34-32-19-6-1-15(2-7-19)16-3-8-20(9-4-16)33-35-27-25(44(40,41)42)12-17-11-21(43(37,38)39)14-23(31)26(17)28(27)36;;/h1-14,36H,29-31H2,(H,37,38,39)(H,40,41,42);;/q;2*+1/p-2. The van der Waals surface area contributed by atoms with Gasteiger partial charge in [0.25, 0.3) is 10.1 Å². The van der Waals surface area contributed by atoms with E-state index in [-0.39, 0.29) is 75.6 Å². The number of nitrogens with zero attached hydrogens (tertiary/aromatic N) is 4. The molecule has 0 aliphatic carbocycles. The average Bonchev–Trinajstić information content (AvgIpc) is 2.95. The van der Waals surface area contributed by atoms with Crippen molar-refractivity contribution < 1.29 is 90.2 Å². The topological polar surface area (TPSA) is 262 Å². The molecular formula is C28H21N7Na2O7S2. The van der Waals surface area contributed by atoms with Gasteiger partial charge < -0.3 is 26.9 Å². The fourth-order valence-electron chi connectivity index (χ4n) is 4.24. The molecule has 5 aromatic carbocycles. The van der Waals surface area contributed by atoms with Crippen molar-refractivity contribution in [3.8, 4) is 16.9 Å². The summed E-state index contributed by atoms with van der Waals surface area (Å²) in [5.74, 6) is -1.04. The van der Waals surface area contributed by atoms with E-state index in [2.05, 4.69) is 20.5 Å². The van der Waals surface area contributed by atoms with Crippen LogP contribution < -0.4 is 81.4 Å². The molecule has 0 bridgehead atoms. The van der Waals surface area contributed by atoms with Crippen LogP contribution in [0.5, 0.6) is 5.75 Å². The maximum absolute atomic E-state index is 13.2. The predicted octanol–water partition coefficient (Wildman–Crippen LogP) is -0.683. The number of anilines is 3. The molecule has 0 radical (unpaired) electrons. The monoisotopic (exact) mass is 677 g/mol. The molecule has 14 nitrogen and oxygen atoms in total. The average molecular weight is 678 g/mol. The van der Waals surface area contributed by atoms with Crippen molar-refractivity contribution in [1.29, 1.82) is 0 Å². The molecule has 5 rings (SSSR count). The van der Waals surface area contributed by atoms with E-state index in [9.17, 15) is 31.0 Å². The Morgan fingerprint density at radius 2 is 1.20 bits per heavy atom. The van der Waals surface area contributed by atoms with Crippen LogP contribution in [0, 0.1) is 0 Å². The maximum atomic E-state index is 13.2. The van der Waals surface area contributed by atoms with Crippen LogP contribution in [0.2, 0.25) is 0 Å². The van der Waals surface area contributed by atoms with Crippen molar-refractivity contribution in [3.05, 3.63) is 84.9 Å². The van der Waals surface area contributed by atoms with Gasteiger partial charge in [0.15, 0.2) is 0 Å². The van der Waals surface area contributed by atoms with Crippen molar-refractivity contribution in [2.75, 3.05) is 17.2 Å². The molecule has 0 unspecified atom stereocenters. The molecule has 0 aliphatic heterocycles.